The van der Waals surface area contributed by atoms with Crippen molar-refractivity contribution in [3.05, 3.63) is 23.3 Å². The molecule has 138 valence electrons. The van der Waals surface area contributed by atoms with Crippen molar-refractivity contribution in [1.82, 2.24) is 0 Å². The fraction of sp³-hybridized carbons (Fsp3) is 0.750. The Hall–Kier alpha value is -1.13. The first kappa shape index (κ1) is 20.9. The Labute approximate surface area is 147 Å². The Kier molecular flexibility index (Phi) is 8.71. The lowest BCUT2D eigenvalue weighted by atomic mass is 9.66. The van der Waals surface area contributed by atoms with E-state index in [9.17, 15) is 4.79 Å². The average molecular weight is 338 g/mol. The van der Waals surface area contributed by atoms with Crippen molar-refractivity contribution in [3.8, 4) is 0 Å². The summed E-state index contributed by atoms with van der Waals surface area (Å²) >= 11 is 0. The highest BCUT2D eigenvalue weighted by molar-refractivity contribution is 5.87. The van der Waals surface area contributed by atoms with Crippen molar-refractivity contribution < 1.29 is 19.0 Å². The molecule has 0 spiro atoms. The molecule has 0 N–H and O–H groups in total. The molecule has 0 aromatic heterocycles. The van der Waals surface area contributed by atoms with Crippen LogP contribution in [-0.4, -0.2) is 33.1 Å². The second-order valence-corrected chi connectivity index (χ2v) is 6.96. The summed E-state index contributed by atoms with van der Waals surface area (Å²) in [5, 5.41) is 0. The number of rotatable bonds is 8. The lowest BCUT2D eigenvalue weighted by Crippen LogP contribution is -2.41. The van der Waals surface area contributed by atoms with Gasteiger partial charge in [-0.2, -0.15) is 0 Å². The van der Waals surface area contributed by atoms with Crippen LogP contribution in [0, 0.1) is 23.7 Å². The Bertz CT molecular complexity index is 460. The summed E-state index contributed by atoms with van der Waals surface area (Å²) in [7, 11) is 3.41. The van der Waals surface area contributed by atoms with E-state index in [-0.39, 0.29) is 18.2 Å². The van der Waals surface area contributed by atoms with Crippen molar-refractivity contribution in [2.75, 3.05) is 20.8 Å². The highest BCUT2D eigenvalue weighted by Gasteiger charge is 2.40. The molecule has 1 aliphatic rings. The molecule has 3 atom stereocenters. The highest BCUT2D eigenvalue weighted by Crippen LogP contribution is 2.43. The first-order valence-electron chi connectivity index (χ1n) is 8.93. The lowest BCUT2D eigenvalue weighted by Gasteiger charge is -2.42. The van der Waals surface area contributed by atoms with Crippen LogP contribution in [0.15, 0.2) is 23.3 Å². The summed E-state index contributed by atoms with van der Waals surface area (Å²) in [6.45, 7) is 10.7. The minimum atomic E-state index is -0.234. The van der Waals surface area contributed by atoms with Crippen LogP contribution in [0.5, 0.6) is 0 Å². The van der Waals surface area contributed by atoms with E-state index in [4.69, 9.17) is 14.2 Å². The number of esters is 1. The normalized spacial score (nSPS) is 25.1. The average Bonchev–Trinajstić information content (AvgIpc) is 2.55. The molecule has 0 bridgehead atoms. The summed E-state index contributed by atoms with van der Waals surface area (Å²) in [4.78, 5) is 11.8. The van der Waals surface area contributed by atoms with Crippen LogP contribution in [0.25, 0.3) is 0 Å². The molecule has 0 heterocycles. The van der Waals surface area contributed by atoms with Crippen molar-refractivity contribution in [1.29, 1.82) is 0 Å². The Morgan fingerprint density at radius 2 is 1.96 bits per heavy atom. The molecule has 0 aliphatic heterocycles. The third-order valence-electron chi connectivity index (χ3n) is 5.17. The lowest BCUT2D eigenvalue weighted by molar-refractivity contribution is -0.165. The molecule has 1 rings (SSSR count). The maximum absolute atomic E-state index is 11.8. The first-order chi connectivity index (χ1) is 11.4. The van der Waals surface area contributed by atoms with Gasteiger partial charge >= 0.3 is 5.97 Å². The van der Waals surface area contributed by atoms with Crippen LogP contribution in [0.1, 0.15) is 47.5 Å². The minimum absolute atomic E-state index is 0.234. The van der Waals surface area contributed by atoms with Crippen molar-refractivity contribution in [2.24, 2.45) is 23.7 Å². The van der Waals surface area contributed by atoms with E-state index < -0.39 is 0 Å². The predicted molar refractivity (Wildman–Crippen MR) is 96.5 cm³/mol. The van der Waals surface area contributed by atoms with Gasteiger partial charge < -0.3 is 14.2 Å². The number of allylic oxidation sites excluding steroid dienone is 3. The van der Waals surface area contributed by atoms with Crippen LogP contribution < -0.4 is 0 Å². The van der Waals surface area contributed by atoms with Crippen LogP contribution in [0.2, 0.25) is 0 Å². The van der Waals surface area contributed by atoms with Gasteiger partial charge in [0.25, 0.3) is 0 Å². The second-order valence-electron chi connectivity index (χ2n) is 6.96. The van der Waals surface area contributed by atoms with E-state index in [0.29, 0.717) is 29.9 Å². The zero-order chi connectivity index (χ0) is 18.3. The number of carbonyl (C=O) groups excluding carboxylic acids is 1. The Balaban J connectivity index is 3.05. The Morgan fingerprint density at radius 3 is 2.46 bits per heavy atom. The highest BCUT2D eigenvalue weighted by atomic mass is 16.7. The van der Waals surface area contributed by atoms with Crippen molar-refractivity contribution in [2.45, 2.75) is 53.8 Å². The summed E-state index contributed by atoms with van der Waals surface area (Å²) < 4.78 is 16.3. The van der Waals surface area contributed by atoms with Gasteiger partial charge in [-0.25, -0.2) is 4.79 Å². The molecule has 0 saturated carbocycles. The van der Waals surface area contributed by atoms with Gasteiger partial charge in [0.15, 0.2) is 6.29 Å². The van der Waals surface area contributed by atoms with Crippen LogP contribution in [0.4, 0.5) is 0 Å². The van der Waals surface area contributed by atoms with E-state index in [1.165, 1.54) is 5.57 Å². The molecule has 0 aromatic carbocycles. The van der Waals surface area contributed by atoms with Gasteiger partial charge in [0.2, 0.25) is 0 Å². The van der Waals surface area contributed by atoms with E-state index in [1.54, 1.807) is 14.2 Å². The number of ether oxygens (including phenoxy) is 3. The van der Waals surface area contributed by atoms with E-state index in [0.717, 1.165) is 12.8 Å². The standard InChI is InChI=1S/C20H34O4/c1-8-24-19(21)15(5)10-12-17-14(4)9-11-16(13(2)3)18(17)20(22-6)23-7/h9-10,13,16-18,20H,8,11-12H2,1-7H3/b15-10+/t16-,17+,18-/m1/s1. The van der Waals surface area contributed by atoms with Gasteiger partial charge in [-0.1, -0.05) is 31.6 Å². The zero-order valence-electron chi connectivity index (χ0n) is 16.3. The molecule has 1 aliphatic carbocycles. The number of methoxy groups -OCH3 is 2. The van der Waals surface area contributed by atoms with Gasteiger partial charge in [-0.3, -0.25) is 0 Å². The fourth-order valence-corrected chi connectivity index (χ4v) is 3.73. The largest absolute Gasteiger partial charge is 0.463 e. The molecular formula is C20H34O4. The molecule has 0 aromatic rings. The summed E-state index contributed by atoms with van der Waals surface area (Å²) in [5.74, 6) is 1.39. The Morgan fingerprint density at radius 1 is 1.33 bits per heavy atom. The van der Waals surface area contributed by atoms with E-state index in [2.05, 4.69) is 26.8 Å². The van der Waals surface area contributed by atoms with Gasteiger partial charge in [0.1, 0.15) is 0 Å². The molecule has 4 heteroatoms. The summed E-state index contributed by atoms with van der Waals surface area (Å²) in [6.07, 6.45) is 5.95. The molecular weight excluding hydrogens is 304 g/mol. The van der Waals surface area contributed by atoms with Gasteiger partial charge in [-0.05, 0) is 51.4 Å². The molecule has 4 nitrogen and oxygen atoms in total. The van der Waals surface area contributed by atoms with E-state index >= 15 is 0 Å². The number of hydrogen-bond acceptors (Lipinski definition) is 4. The van der Waals surface area contributed by atoms with Crippen LogP contribution in [0.3, 0.4) is 0 Å². The molecule has 0 radical (unpaired) electrons. The fourth-order valence-electron chi connectivity index (χ4n) is 3.73. The van der Waals surface area contributed by atoms with Gasteiger partial charge in [0.05, 0.1) is 6.61 Å². The smallest absolute Gasteiger partial charge is 0.333 e. The molecule has 24 heavy (non-hydrogen) atoms. The maximum Gasteiger partial charge on any atom is 0.333 e. The second kappa shape index (κ2) is 10.00. The van der Waals surface area contributed by atoms with Crippen LogP contribution >= 0.6 is 0 Å². The summed E-state index contributed by atoms with van der Waals surface area (Å²) in [5.41, 5.74) is 2.02. The molecule has 0 saturated heterocycles. The van der Waals surface area contributed by atoms with Gasteiger partial charge in [0, 0.05) is 25.7 Å². The first-order valence-corrected chi connectivity index (χ1v) is 8.93. The third kappa shape index (κ3) is 5.18. The van der Waals surface area contributed by atoms with Crippen LogP contribution in [-0.2, 0) is 19.0 Å². The molecule has 0 unspecified atom stereocenters. The monoisotopic (exact) mass is 338 g/mol. The van der Waals surface area contributed by atoms with Crippen molar-refractivity contribution >= 4 is 5.97 Å². The SMILES string of the molecule is CCOC(=O)/C(C)=C/C[C@H]1C(C)=CC[C@H](C(C)C)[C@H]1C(OC)OC. The van der Waals surface area contributed by atoms with Gasteiger partial charge in [-0.15, -0.1) is 0 Å². The zero-order valence-corrected chi connectivity index (χ0v) is 16.3. The third-order valence-corrected chi connectivity index (χ3v) is 5.17. The van der Waals surface area contributed by atoms with Crippen molar-refractivity contribution in [3.63, 3.8) is 0 Å². The number of hydrogen-bond donors (Lipinski definition) is 0. The number of carbonyl (C=O) groups is 1. The summed E-state index contributed by atoms with van der Waals surface area (Å²) in [6, 6.07) is 0. The predicted octanol–water partition coefficient (Wildman–Crippen LogP) is 4.36. The topological polar surface area (TPSA) is 44.8 Å². The molecule has 0 amide bonds. The van der Waals surface area contributed by atoms with E-state index in [1.807, 2.05) is 19.9 Å². The molecule has 0 fully saturated rings. The quantitative estimate of drug-likeness (QED) is 0.285. The minimum Gasteiger partial charge on any atom is -0.463 e. The maximum atomic E-state index is 11.8.